The Morgan fingerprint density at radius 3 is 2.24 bits per heavy atom. The molecule has 0 saturated heterocycles. The molecule has 0 radical (unpaired) electrons. The molecular formula is C27H25F6NO2S. The molecule has 0 spiro atoms. The highest BCUT2D eigenvalue weighted by Crippen LogP contribution is 2.38. The smallest absolute Gasteiger partial charge is 0.446 e. The van der Waals surface area contributed by atoms with Crippen LogP contribution in [0.3, 0.4) is 0 Å². The topological polar surface area (TPSA) is 41.5 Å². The van der Waals surface area contributed by atoms with Gasteiger partial charge in [-0.05, 0) is 83.6 Å². The summed E-state index contributed by atoms with van der Waals surface area (Å²) in [6, 6.07) is 17.2. The Hall–Kier alpha value is -2.69. The fourth-order valence-corrected chi connectivity index (χ4v) is 4.60. The van der Waals surface area contributed by atoms with Crippen LogP contribution in [0.5, 0.6) is 5.75 Å². The Kier molecular flexibility index (Phi) is 8.40. The summed E-state index contributed by atoms with van der Waals surface area (Å²) >= 11 is -0.203. The molecule has 2 atom stereocenters. The predicted octanol–water partition coefficient (Wildman–Crippen LogP) is 7.35. The Balaban J connectivity index is 1.55. The molecule has 3 aromatic rings. The van der Waals surface area contributed by atoms with E-state index in [2.05, 4.69) is 5.32 Å². The molecule has 37 heavy (non-hydrogen) atoms. The zero-order valence-corrected chi connectivity index (χ0v) is 20.3. The van der Waals surface area contributed by atoms with E-state index in [-0.39, 0.29) is 35.7 Å². The lowest BCUT2D eigenvalue weighted by Crippen LogP contribution is -2.32. The van der Waals surface area contributed by atoms with Crippen LogP contribution >= 0.6 is 11.8 Å². The number of hydrogen-bond acceptors (Lipinski definition) is 4. The fourth-order valence-electron chi connectivity index (χ4n) is 3.99. The van der Waals surface area contributed by atoms with Crippen LogP contribution in [0.4, 0.5) is 26.3 Å². The first-order valence-corrected chi connectivity index (χ1v) is 12.5. The molecule has 4 rings (SSSR count). The maximum atomic E-state index is 13.0. The van der Waals surface area contributed by atoms with Gasteiger partial charge in [0.25, 0.3) is 0 Å². The molecule has 10 heteroatoms. The standard InChI is InChI=1S/C27H25F6NO2S/c28-26(29,30)21-7-1-4-17(12-21)16-36-22-8-2-5-19(13-22)25(34-15-24(35)18-10-11-18)20-6-3-9-23(14-20)37-27(31,32)33/h1-9,12-14,18,24-25,34-35H,10-11,15-16H2. The van der Waals surface area contributed by atoms with Crippen LogP contribution in [-0.2, 0) is 12.8 Å². The van der Waals surface area contributed by atoms with Crippen molar-refractivity contribution in [3.05, 3.63) is 95.1 Å². The number of aliphatic hydroxyl groups excluding tert-OH is 1. The van der Waals surface area contributed by atoms with Gasteiger partial charge in [-0.1, -0.05) is 36.4 Å². The Morgan fingerprint density at radius 2 is 1.57 bits per heavy atom. The SMILES string of the molecule is OC(CNC(c1cccc(OCc2cccc(C(F)(F)F)c2)c1)c1cccc(SC(F)(F)F)c1)C1CC1. The van der Waals surface area contributed by atoms with Crippen molar-refractivity contribution in [2.45, 2.75) is 48.2 Å². The van der Waals surface area contributed by atoms with E-state index < -0.39 is 29.4 Å². The number of alkyl halides is 6. The Bertz CT molecular complexity index is 1200. The number of ether oxygens (including phenoxy) is 1. The van der Waals surface area contributed by atoms with Crippen LogP contribution in [0.15, 0.2) is 77.7 Å². The minimum atomic E-state index is -4.46. The predicted molar refractivity (Wildman–Crippen MR) is 129 cm³/mol. The lowest BCUT2D eigenvalue weighted by atomic mass is 9.98. The van der Waals surface area contributed by atoms with E-state index >= 15 is 0 Å². The monoisotopic (exact) mass is 541 g/mol. The molecule has 3 aromatic carbocycles. The molecule has 1 saturated carbocycles. The van der Waals surface area contributed by atoms with Gasteiger partial charge in [-0.15, -0.1) is 0 Å². The molecular weight excluding hydrogens is 516 g/mol. The van der Waals surface area contributed by atoms with Crippen molar-refractivity contribution < 1.29 is 36.2 Å². The van der Waals surface area contributed by atoms with Gasteiger partial charge in [0.15, 0.2) is 0 Å². The molecule has 1 aliphatic rings. The zero-order chi connectivity index (χ0) is 26.6. The molecule has 2 N–H and O–H groups in total. The summed E-state index contributed by atoms with van der Waals surface area (Å²) in [5, 5.41) is 13.6. The second kappa shape index (κ2) is 11.4. The van der Waals surface area contributed by atoms with Crippen LogP contribution in [0.2, 0.25) is 0 Å². The van der Waals surface area contributed by atoms with Crippen LogP contribution in [0, 0.1) is 5.92 Å². The summed E-state index contributed by atoms with van der Waals surface area (Å²) in [6.07, 6.45) is -3.16. The Labute approximate surface area is 214 Å². The molecule has 0 bridgehead atoms. The van der Waals surface area contributed by atoms with Crippen LogP contribution in [0.1, 0.15) is 41.1 Å². The third-order valence-electron chi connectivity index (χ3n) is 5.97. The molecule has 0 amide bonds. The first kappa shape index (κ1) is 27.3. The lowest BCUT2D eigenvalue weighted by molar-refractivity contribution is -0.137. The van der Waals surface area contributed by atoms with E-state index in [0.717, 1.165) is 25.0 Å². The van der Waals surface area contributed by atoms with E-state index in [9.17, 15) is 31.4 Å². The summed E-state index contributed by atoms with van der Waals surface area (Å²) < 4.78 is 83.6. The van der Waals surface area contributed by atoms with Gasteiger partial charge >= 0.3 is 11.7 Å². The van der Waals surface area contributed by atoms with E-state index in [1.54, 1.807) is 36.4 Å². The van der Waals surface area contributed by atoms with Gasteiger partial charge in [0.2, 0.25) is 0 Å². The average molecular weight is 542 g/mol. The molecule has 2 unspecified atom stereocenters. The fraction of sp³-hybridized carbons (Fsp3) is 0.333. The van der Waals surface area contributed by atoms with Crippen molar-refractivity contribution in [1.82, 2.24) is 5.32 Å². The number of halogens is 6. The van der Waals surface area contributed by atoms with Gasteiger partial charge in [0.1, 0.15) is 12.4 Å². The van der Waals surface area contributed by atoms with E-state index in [4.69, 9.17) is 4.74 Å². The summed E-state index contributed by atoms with van der Waals surface area (Å²) in [6.45, 7) is 0.158. The second-order valence-corrected chi connectivity index (χ2v) is 10.1. The normalized spacial score (nSPS) is 15.9. The van der Waals surface area contributed by atoms with Crippen LogP contribution in [-0.4, -0.2) is 23.3 Å². The van der Waals surface area contributed by atoms with Gasteiger partial charge in [-0.3, -0.25) is 0 Å². The van der Waals surface area contributed by atoms with Crippen molar-refractivity contribution in [3.8, 4) is 5.75 Å². The highest BCUT2D eigenvalue weighted by Gasteiger charge is 2.32. The van der Waals surface area contributed by atoms with E-state index in [1.807, 2.05) is 0 Å². The largest absolute Gasteiger partial charge is 0.489 e. The number of rotatable bonds is 10. The maximum Gasteiger partial charge on any atom is 0.446 e. The van der Waals surface area contributed by atoms with Crippen molar-refractivity contribution in [1.29, 1.82) is 0 Å². The maximum absolute atomic E-state index is 13.0. The summed E-state index contributed by atoms with van der Waals surface area (Å²) in [7, 11) is 0. The van der Waals surface area contributed by atoms with Crippen LogP contribution in [0.25, 0.3) is 0 Å². The van der Waals surface area contributed by atoms with Crippen molar-refractivity contribution in [2.75, 3.05) is 6.54 Å². The van der Waals surface area contributed by atoms with E-state index in [0.29, 0.717) is 22.4 Å². The van der Waals surface area contributed by atoms with Gasteiger partial charge in [-0.2, -0.15) is 26.3 Å². The number of aliphatic hydroxyl groups is 1. The third-order valence-corrected chi connectivity index (χ3v) is 6.69. The molecule has 0 aromatic heterocycles. The number of nitrogens with one attached hydrogen (secondary N) is 1. The summed E-state index contributed by atoms with van der Waals surface area (Å²) in [5.41, 5.74) is -3.59. The first-order valence-electron chi connectivity index (χ1n) is 11.6. The average Bonchev–Trinajstić information content (AvgIpc) is 3.68. The molecule has 3 nitrogen and oxygen atoms in total. The van der Waals surface area contributed by atoms with Crippen molar-refractivity contribution >= 4 is 11.8 Å². The second-order valence-electron chi connectivity index (χ2n) is 8.93. The molecule has 1 fully saturated rings. The summed E-state index contributed by atoms with van der Waals surface area (Å²) in [4.78, 5) is 0.0384. The van der Waals surface area contributed by atoms with Gasteiger partial charge in [0.05, 0.1) is 17.7 Å². The van der Waals surface area contributed by atoms with Gasteiger partial charge in [-0.25, -0.2) is 0 Å². The van der Waals surface area contributed by atoms with Crippen molar-refractivity contribution in [2.24, 2.45) is 5.92 Å². The zero-order valence-electron chi connectivity index (χ0n) is 19.5. The van der Waals surface area contributed by atoms with Crippen LogP contribution < -0.4 is 10.1 Å². The number of benzene rings is 3. The molecule has 0 aliphatic heterocycles. The highest BCUT2D eigenvalue weighted by atomic mass is 32.2. The quantitative estimate of drug-likeness (QED) is 0.208. The van der Waals surface area contributed by atoms with Crippen molar-refractivity contribution in [3.63, 3.8) is 0 Å². The lowest BCUT2D eigenvalue weighted by Gasteiger charge is -2.23. The minimum Gasteiger partial charge on any atom is -0.489 e. The number of hydrogen-bond donors (Lipinski definition) is 2. The third kappa shape index (κ3) is 8.15. The highest BCUT2D eigenvalue weighted by molar-refractivity contribution is 8.00. The van der Waals surface area contributed by atoms with E-state index in [1.165, 1.54) is 24.3 Å². The molecule has 1 aliphatic carbocycles. The Morgan fingerprint density at radius 1 is 0.892 bits per heavy atom. The molecule has 198 valence electrons. The first-order chi connectivity index (χ1) is 17.5. The molecule has 0 heterocycles. The van der Waals surface area contributed by atoms with Gasteiger partial charge in [0, 0.05) is 11.4 Å². The summed E-state index contributed by atoms with van der Waals surface area (Å²) in [5.74, 6) is 0.604. The minimum absolute atomic E-state index is 0.0384. The number of thioether (sulfide) groups is 1. The van der Waals surface area contributed by atoms with Gasteiger partial charge < -0.3 is 15.2 Å².